The number of benzene rings is 1. The van der Waals surface area contributed by atoms with Crippen LogP contribution in [0.25, 0.3) is 11.0 Å². The number of halogens is 1. The van der Waals surface area contributed by atoms with Crippen molar-refractivity contribution in [3.63, 3.8) is 0 Å². The third-order valence-corrected chi connectivity index (χ3v) is 2.31. The number of rotatable bonds is 1. The SMILES string of the molecule is COc1ccc2cc(C#N)/c(=N\Cl)oc2c1. The lowest BCUT2D eigenvalue weighted by molar-refractivity contribution is 0.414. The summed E-state index contributed by atoms with van der Waals surface area (Å²) in [6.07, 6.45) is 0. The Morgan fingerprint density at radius 2 is 2.25 bits per heavy atom. The molecule has 0 amide bonds. The average molecular weight is 235 g/mol. The normalized spacial score (nSPS) is 11.4. The van der Waals surface area contributed by atoms with Crippen LogP contribution in [0.4, 0.5) is 0 Å². The number of methoxy groups -OCH3 is 1. The van der Waals surface area contributed by atoms with Crippen LogP contribution in [-0.2, 0) is 0 Å². The van der Waals surface area contributed by atoms with Gasteiger partial charge in [0.05, 0.1) is 7.11 Å². The van der Waals surface area contributed by atoms with E-state index in [1.165, 1.54) is 0 Å². The summed E-state index contributed by atoms with van der Waals surface area (Å²) >= 11 is 5.33. The molecule has 0 saturated heterocycles. The van der Waals surface area contributed by atoms with Gasteiger partial charge in [-0.3, -0.25) is 0 Å². The summed E-state index contributed by atoms with van der Waals surface area (Å²) in [7, 11) is 1.57. The van der Waals surface area contributed by atoms with E-state index in [0.717, 1.165) is 5.39 Å². The molecule has 16 heavy (non-hydrogen) atoms. The number of hydrogen-bond acceptors (Lipinski definition) is 4. The Bertz CT molecular complexity index is 640. The van der Waals surface area contributed by atoms with E-state index in [0.29, 0.717) is 16.9 Å². The molecule has 4 nitrogen and oxygen atoms in total. The van der Waals surface area contributed by atoms with Crippen LogP contribution in [-0.4, -0.2) is 7.11 Å². The second-order valence-electron chi connectivity index (χ2n) is 3.07. The fourth-order valence-corrected chi connectivity index (χ4v) is 1.49. The van der Waals surface area contributed by atoms with Gasteiger partial charge in [0.1, 0.15) is 23.0 Å². The van der Waals surface area contributed by atoms with Crippen LogP contribution >= 0.6 is 11.8 Å². The van der Waals surface area contributed by atoms with Crippen molar-refractivity contribution >= 4 is 22.7 Å². The Morgan fingerprint density at radius 1 is 1.44 bits per heavy atom. The second kappa shape index (κ2) is 4.25. The predicted molar refractivity (Wildman–Crippen MR) is 58.9 cm³/mol. The van der Waals surface area contributed by atoms with Crippen molar-refractivity contribution < 1.29 is 9.15 Å². The molecule has 1 heterocycles. The maximum atomic E-state index is 8.86. The Kier molecular flexibility index (Phi) is 2.80. The molecule has 0 aliphatic heterocycles. The Morgan fingerprint density at radius 3 is 2.88 bits per heavy atom. The van der Waals surface area contributed by atoms with Crippen molar-refractivity contribution in [3.8, 4) is 11.8 Å². The average Bonchev–Trinajstić information content (AvgIpc) is 2.36. The van der Waals surface area contributed by atoms with Gasteiger partial charge >= 0.3 is 0 Å². The summed E-state index contributed by atoms with van der Waals surface area (Å²) in [5.74, 6) is 0.668. The highest BCUT2D eigenvalue weighted by Gasteiger charge is 2.04. The topological polar surface area (TPSA) is 58.5 Å². The summed E-state index contributed by atoms with van der Waals surface area (Å²) in [6, 6.07) is 8.93. The molecule has 1 aromatic carbocycles. The molecular formula is C11H7ClN2O2. The number of ether oxygens (including phenoxy) is 1. The van der Waals surface area contributed by atoms with E-state index in [2.05, 4.69) is 4.51 Å². The minimum absolute atomic E-state index is 0.102. The van der Waals surface area contributed by atoms with E-state index in [-0.39, 0.29) is 5.55 Å². The van der Waals surface area contributed by atoms with Crippen molar-refractivity contribution in [2.45, 2.75) is 0 Å². The number of fused-ring (bicyclic) bond motifs is 1. The first-order valence-electron chi connectivity index (χ1n) is 4.45. The van der Waals surface area contributed by atoms with Crippen molar-refractivity contribution in [3.05, 3.63) is 35.4 Å². The van der Waals surface area contributed by atoms with Crippen molar-refractivity contribution in [2.75, 3.05) is 7.11 Å². The molecule has 0 atom stereocenters. The summed E-state index contributed by atoms with van der Waals surface area (Å²) in [6.45, 7) is 0. The highest BCUT2D eigenvalue weighted by Crippen LogP contribution is 2.19. The Labute approximate surface area is 96.5 Å². The lowest BCUT2D eigenvalue weighted by Gasteiger charge is -2.01. The molecule has 0 spiro atoms. The molecule has 1 aromatic heterocycles. The van der Waals surface area contributed by atoms with E-state index >= 15 is 0 Å². The molecule has 0 N–H and O–H groups in total. The van der Waals surface area contributed by atoms with E-state index in [4.69, 9.17) is 26.2 Å². The molecule has 0 radical (unpaired) electrons. The number of hydrogen-bond donors (Lipinski definition) is 0. The van der Waals surface area contributed by atoms with Crippen LogP contribution in [0.1, 0.15) is 5.56 Å². The Balaban J connectivity index is 2.80. The zero-order valence-corrected chi connectivity index (χ0v) is 9.15. The van der Waals surface area contributed by atoms with Gasteiger partial charge < -0.3 is 9.15 Å². The highest BCUT2D eigenvalue weighted by atomic mass is 35.5. The summed E-state index contributed by atoms with van der Waals surface area (Å²) < 4.78 is 13.8. The monoisotopic (exact) mass is 234 g/mol. The van der Waals surface area contributed by atoms with Gasteiger partial charge in [-0.25, -0.2) is 0 Å². The molecule has 0 unspecified atom stereocenters. The van der Waals surface area contributed by atoms with Gasteiger partial charge in [0.25, 0.3) is 0 Å². The highest BCUT2D eigenvalue weighted by molar-refractivity contribution is 6.14. The van der Waals surface area contributed by atoms with Gasteiger partial charge in [-0.05, 0) is 18.2 Å². The minimum Gasteiger partial charge on any atom is -0.497 e. The molecular weight excluding hydrogens is 228 g/mol. The fourth-order valence-electron chi connectivity index (χ4n) is 1.37. The number of nitriles is 1. The molecule has 5 heteroatoms. The van der Waals surface area contributed by atoms with Crippen LogP contribution in [0.2, 0.25) is 0 Å². The first-order chi connectivity index (χ1) is 7.78. The van der Waals surface area contributed by atoms with E-state index < -0.39 is 0 Å². The standard InChI is InChI=1S/C11H7ClN2O2/c1-15-9-3-2-7-4-8(6-13)11(14-12)16-10(7)5-9/h2-5H,1H3/b14-11+. The zero-order chi connectivity index (χ0) is 11.5. The van der Waals surface area contributed by atoms with Gasteiger partial charge in [-0.2, -0.15) is 5.26 Å². The minimum atomic E-state index is 0.102. The lowest BCUT2D eigenvalue weighted by Crippen LogP contribution is -2.04. The lowest BCUT2D eigenvalue weighted by atomic mass is 10.2. The quantitative estimate of drug-likeness (QED) is 0.761. The van der Waals surface area contributed by atoms with E-state index in [9.17, 15) is 0 Å². The maximum absolute atomic E-state index is 8.86. The number of nitrogens with zero attached hydrogens (tertiary/aromatic N) is 2. The summed E-state index contributed by atoms with van der Waals surface area (Å²) in [4.78, 5) is 0. The van der Waals surface area contributed by atoms with Gasteiger partial charge in [-0.1, -0.05) is 0 Å². The van der Waals surface area contributed by atoms with E-state index in [1.54, 1.807) is 31.4 Å². The predicted octanol–water partition coefficient (Wildman–Crippen LogP) is 2.37. The van der Waals surface area contributed by atoms with Crippen LogP contribution < -0.4 is 10.3 Å². The van der Waals surface area contributed by atoms with Crippen LogP contribution in [0.3, 0.4) is 0 Å². The third-order valence-electron chi connectivity index (χ3n) is 2.15. The molecule has 0 aliphatic carbocycles. The molecule has 0 aliphatic rings. The first-order valence-corrected chi connectivity index (χ1v) is 4.79. The van der Waals surface area contributed by atoms with Crippen molar-refractivity contribution in [1.82, 2.24) is 0 Å². The fraction of sp³-hybridized carbons (Fsp3) is 0.0909. The van der Waals surface area contributed by atoms with Crippen LogP contribution in [0, 0.1) is 11.3 Å². The zero-order valence-electron chi connectivity index (χ0n) is 8.40. The molecule has 0 fully saturated rings. The first kappa shape index (κ1) is 10.5. The summed E-state index contributed by atoms with van der Waals surface area (Å²) in [5.41, 5.74) is 0.968. The van der Waals surface area contributed by atoms with E-state index in [1.807, 2.05) is 6.07 Å². The van der Waals surface area contributed by atoms with Gasteiger partial charge in [0, 0.05) is 23.2 Å². The maximum Gasteiger partial charge on any atom is 0.249 e. The Hall–Kier alpha value is -1.99. The van der Waals surface area contributed by atoms with Gasteiger partial charge in [0.2, 0.25) is 5.55 Å². The smallest absolute Gasteiger partial charge is 0.249 e. The van der Waals surface area contributed by atoms with Gasteiger partial charge in [-0.15, -0.1) is 4.51 Å². The molecule has 80 valence electrons. The molecule has 2 aromatic rings. The van der Waals surface area contributed by atoms with Crippen molar-refractivity contribution in [1.29, 1.82) is 5.26 Å². The molecule has 0 bridgehead atoms. The van der Waals surface area contributed by atoms with Gasteiger partial charge in [0.15, 0.2) is 0 Å². The van der Waals surface area contributed by atoms with Crippen LogP contribution in [0.5, 0.6) is 5.75 Å². The largest absolute Gasteiger partial charge is 0.497 e. The molecule has 2 rings (SSSR count). The second-order valence-corrected chi connectivity index (χ2v) is 3.23. The summed E-state index contributed by atoms with van der Waals surface area (Å²) in [5, 5.41) is 9.65. The third kappa shape index (κ3) is 1.73. The van der Waals surface area contributed by atoms with Crippen LogP contribution in [0.15, 0.2) is 33.2 Å². The molecule has 0 saturated carbocycles. The van der Waals surface area contributed by atoms with Crippen molar-refractivity contribution in [2.24, 2.45) is 4.51 Å².